The van der Waals surface area contributed by atoms with Crippen LogP contribution < -0.4 is 0 Å². The van der Waals surface area contributed by atoms with Gasteiger partial charge in [0.15, 0.2) is 0 Å². The molecule has 0 atom stereocenters. The van der Waals surface area contributed by atoms with E-state index in [4.69, 9.17) is 0 Å². The van der Waals surface area contributed by atoms with Gasteiger partial charge in [-0.15, -0.1) is 0 Å². The Kier molecular flexibility index (Phi) is 2.42. The van der Waals surface area contributed by atoms with Crippen molar-refractivity contribution in [2.45, 2.75) is 19.9 Å². The van der Waals surface area contributed by atoms with E-state index in [9.17, 15) is 4.39 Å². The van der Waals surface area contributed by atoms with Crippen molar-refractivity contribution in [1.29, 1.82) is 0 Å². The number of hydrogen-bond donors (Lipinski definition) is 0. The van der Waals surface area contributed by atoms with Crippen molar-refractivity contribution >= 4 is 0 Å². The highest BCUT2D eigenvalue weighted by Crippen LogP contribution is 1.96. The lowest BCUT2D eigenvalue weighted by Crippen LogP contribution is -2.02. The van der Waals surface area contributed by atoms with E-state index in [2.05, 4.69) is 5.10 Å². The van der Waals surface area contributed by atoms with Crippen LogP contribution in [0.4, 0.5) is 4.39 Å². The first kappa shape index (κ1) is 7.25. The minimum absolute atomic E-state index is 0.265. The molecule has 0 aliphatic heterocycles. The fourth-order valence-corrected chi connectivity index (χ4v) is 0.842. The first-order valence-corrected chi connectivity index (χ1v) is 3.39. The van der Waals surface area contributed by atoms with E-state index < -0.39 is 0 Å². The highest BCUT2D eigenvalue weighted by atomic mass is 19.1. The fraction of sp³-hybridized carbons (Fsp3) is 0.571. The van der Waals surface area contributed by atoms with Gasteiger partial charge in [-0.1, -0.05) is 0 Å². The van der Waals surface area contributed by atoms with E-state index in [1.165, 1.54) is 0 Å². The molecule has 0 spiro atoms. The van der Waals surface area contributed by atoms with Crippen LogP contribution in [0.15, 0.2) is 12.3 Å². The molecule has 1 heterocycles. The zero-order valence-electron chi connectivity index (χ0n) is 6.05. The van der Waals surface area contributed by atoms with Crippen LogP contribution >= 0.6 is 0 Å². The Hall–Kier alpha value is -0.860. The Morgan fingerprint density at radius 3 is 3.00 bits per heavy atom. The van der Waals surface area contributed by atoms with Gasteiger partial charge in [-0.2, -0.15) is 5.10 Å². The van der Waals surface area contributed by atoms with Gasteiger partial charge < -0.3 is 0 Å². The summed E-state index contributed by atoms with van der Waals surface area (Å²) in [7, 11) is 0. The molecule has 3 heteroatoms. The lowest BCUT2D eigenvalue weighted by molar-refractivity contribution is 0.432. The summed E-state index contributed by atoms with van der Waals surface area (Å²) in [4.78, 5) is 0. The molecule has 0 unspecified atom stereocenters. The second-order valence-corrected chi connectivity index (χ2v) is 2.24. The van der Waals surface area contributed by atoms with Gasteiger partial charge in [-0.25, -0.2) is 0 Å². The van der Waals surface area contributed by atoms with E-state index in [1.54, 1.807) is 10.9 Å². The normalized spacial score (nSPS) is 10.2. The SMILES string of the molecule is Cc1ccnn1CCCF. The molecule has 0 N–H and O–H groups in total. The second kappa shape index (κ2) is 3.34. The molecule has 0 fully saturated rings. The summed E-state index contributed by atoms with van der Waals surface area (Å²) >= 11 is 0. The molecule has 0 saturated carbocycles. The molecule has 0 aliphatic carbocycles. The predicted octanol–water partition coefficient (Wildman–Crippen LogP) is 1.55. The Balaban J connectivity index is 2.49. The lowest BCUT2D eigenvalue weighted by Gasteiger charge is -1.99. The van der Waals surface area contributed by atoms with Gasteiger partial charge in [0, 0.05) is 18.4 Å². The maximum atomic E-state index is 11.7. The lowest BCUT2D eigenvalue weighted by atomic mass is 10.4. The third kappa shape index (κ3) is 1.56. The molecule has 1 rings (SSSR count). The number of halogens is 1. The standard InChI is InChI=1S/C7H11FN2/c1-7-3-5-9-10(7)6-2-4-8/h3,5H,2,4,6H2,1H3. The Morgan fingerprint density at radius 1 is 1.70 bits per heavy atom. The molecule has 0 aromatic carbocycles. The molecular formula is C7H11FN2. The molecule has 2 nitrogen and oxygen atoms in total. The van der Waals surface area contributed by atoms with Crippen LogP contribution in [0.25, 0.3) is 0 Å². The summed E-state index contributed by atoms with van der Waals surface area (Å²) in [5, 5.41) is 4.00. The van der Waals surface area contributed by atoms with Gasteiger partial charge in [0.05, 0.1) is 6.67 Å². The minimum Gasteiger partial charge on any atom is -0.270 e. The summed E-state index contributed by atoms with van der Waals surface area (Å²) in [6, 6.07) is 1.91. The third-order valence-corrected chi connectivity index (χ3v) is 1.43. The van der Waals surface area contributed by atoms with E-state index in [-0.39, 0.29) is 6.67 Å². The summed E-state index contributed by atoms with van der Waals surface area (Å²) in [6.07, 6.45) is 2.29. The van der Waals surface area contributed by atoms with Crippen LogP contribution in [-0.2, 0) is 6.54 Å². The monoisotopic (exact) mass is 142 g/mol. The van der Waals surface area contributed by atoms with Crippen molar-refractivity contribution in [2.24, 2.45) is 0 Å². The van der Waals surface area contributed by atoms with Crippen molar-refractivity contribution in [3.8, 4) is 0 Å². The third-order valence-electron chi connectivity index (χ3n) is 1.43. The van der Waals surface area contributed by atoms with Crippen LogP contribution in [0.1, 0.15) is 12.1 Å². The summed E-state index contributed by atoms with van der Waals surface area (Å²) in [5.74, 6) is 0. The zero-order chi connectivity index (χ0) is 7.40. The van der Waals surface area contributed by atoms with Gasteiger partial charge >= 0.3 is 0 Å². The van der Waals surface area contributed by atoms with Crippen LogP contribution in [0.3, 0.4) is 0 Å². The van der Waals surface area contributed by atoms with E-state index in [0.29, 0.717) is 13.0 Å². The largest absolute Gasteiger partial charge is 0.270 e. The van der Waals surface area contributed by atoms with Gasteiger partial charge in [-0.3, -0.25) is 9.07 Å². The number of alkyl halides is 1. The van der Waals surface area contributed by atoms with Crippen LogP contribution in [0.2, 0.25) is 0 Å². The number of rotatable bonds is 3. The predicted molar refractivity (Wildman–Crippen MR) is 37.6 cm³/mol. The van der Waals surface area contributed by atoms with Gasteiger partial charge in [0.1, 0.15) is 0 Å². The Morgan fingerprint density at radius 2 is 2.50 bits per heavy atom. The molecule has 0 bridgehead atoms. The molecule has 0 amide bonds. The molecule has 0 aliphatic rings. The van der Waals surface area contributed by atoms with Crippen molar-refractivity contribution in [3.05, 3.63) is 18.0 Å². The molecule has 56 valence electrons. The average molecular weight is 142 g/mol. The van der Waals surface area contributed by atoms with E-state index in [1.807, 2.05) is 13.0 Å². The molecule has 1 aromatic heterocycles. The summed E-state index contributed by atoms with van der Waals surface area (Å²) in [5.41, 5.74) is 1.09. The zero-order valence-corrected chi connectivity index (χ0v) is 6.05. The van der Waals surface area contributed by atoms with Gasteiger partial charge in [0.2, 0.25) is 0 Å². The van der Waals surface area contributed by atoms with Crippen molar-refractivity contribution in [3.63, 3.8) is 0 Å². The molecule has 10 heavy (non-hydrogen) atoms. The highest BCUT2D eigenvalue weighted by Gasteiger charge is 1.94. The molecule has 0 radical (unpaired) electrons. The number of aryl methyl sites for hydroxylation is 2. The van der Waals surface area contributed by atoms with Crippen molar-refractivity contribution in [1.82, 2.24) is 9.78 Å². The van der Waals surface area contributed by atoms with Crippen molar-refractivity contribution in [2.75, 3.05) is 6.67 Å². The number of hydrogen-bond acceptors (Lipinski definition) is 1. The van der Waals surface area contributed by atoms with Gasteiger partial charge in [-0.05, 0) is 19.4 Å². The molecule has 0 saturated heterocycles. The summed E-state index contributed by atoms with van der Waals surface area (Å²) in [6.45, 7) is 2.39. The van der Waals surface area contributed by atoms with Crippen molar-refractivity contribution < 1.29 is 4.39 Å². The first-order chi connectivity index (χ1) is 4.84. The quantitative estimate of drug-likeness (QED) is 0.626. The Labute approximate surface area is 59.7 Å². The maximum Gasteiger partial charge on any atom is 0.0912 e. The van der Waals surface area contributed by atoms with E-state index in [0.717, 1.165) is 5.69 Å². The highest BCUT2D eigenvalue weighted by molar-refractivity contribution is 4.96. The summed E-state index contributed by atoms with van der Waals surface area (Å²) < 4.78 is 13.5. The maximum absolute atomic E-state index is 11.7. The Bertz CT molecular complexity index is 195. The topological polar surface area (TPSA) is 17.8 Å². The minimum atomic E-state index is -0.265. The smallest absolute Gasteiger partial charge is 0.0912 e. The van der Waals surface area contributed by atoms with Crippen LogP contribution in [0.5, 0.6) is 0 Å². The molecular weight excluding hydrogens is 131 g/mol. The fourth-order valence-electron chi connectivity index (χ4n) is 0.842. The van der Waals surface area contributed by atoms with Gasteiger partial charge in [0.25, 0.3) is 0 Å². The number of aromatic nitrogens is 2. The molecule has 1 aromatic rings. The first-order valence-electron chi connectivity index (χ1n) is 3.39. The van der Waals surface area contributed by atoms with E-state index >= 15 is 0 Å². The second-order valence-electron chi connectivity index (χ2n) is 2.24. The number of nitrogens with zero attached hydrogens (tertiary/aromatic N) is 2. The van der Waals surface area contributed by atoms with Crippen LogP contribution in [0, 0.1) is 6.92 Å². The van der Waals surface area contributed by atoms with Crippen LogP contribution in [-0.4, -0.2) is 16.5 Å². The average Bonchev–Trinajstić information content (AvgIpc) is 2.31.